The highest BCUT2D eigenvalue weighted by Crippen LogP contribution is 2.38. The molecule has 0 bridgehead atoms. The van der Waals surface area contributed by atoms with Gasteiger partial charge in [0.15, 0.2) is 0 Å². The Balaban J connectivity index is 2.26. The number of benzene rings is 1. The van der Waals surface area contributed by atoms with Crippen LogP contribution in [0.4, 0.5) is 0 Å². The number of hydrogen-bond donors (Lipinski definition) is 1. The third kappa shape index (κ3) is 1.99. The molecular weight excluding hydrogens is 252 g/mol. The van der Waals surface area contributed by atoms with Crippen LogP contribution in [0.3, 0.4) is 0 Å². The molecule has 0 spiro atoms. The van der Waals surface area contributed by atoms with Crippen LogP contribution < -0.4 is 0 Å². The van der Waals surface area contributed by atoms with E-state index in [0.29, 0.717) is 11.6 Å². The molecule has 0 aliphatic heterocycles. The molecule has 2 aromatic rings. The van der Waals surface area contributed by atoms with Gasteiger partial charge in [-0.1, -0.05) is 20.8 Å². The standard InChI is InChI=1S/C16H20N2O2/c1-16(2,3)15-17-12-8-7-10(14(19)20)9-13(12)18(15)11-5-4-6-11/h7-9,11H,4-6H2,1-3H3,(H,19,20). The first-order chi connectivity index (χ1) is 9.38. The van der Waals surface area contributed by atoms with Crippen LogP contribution in [0, 0.1) is 0 Å². The van der Waals surface area contributed by atoms with Crippen molar-refractivity contribution in [3.63, 3.8) is 0 Å². The molecule has 0 saturated heterocycles. The van der Waals surface area contributed by atoms with Gasteiger partial charge >= 0.3 is 5.97 Å². The van der Waals surface area contributed by atoms with Crippen LogP contribution in [-0.2, 0) is 5.41 Å². The van der Waals surface area contributed by atoms with Crippen molar-refractivity contribution in [2.45, 2.75) is 51.5 Å². The minimum Gasteiger partial charge on any atom is -0.478 e. The van der Waals surface area contributed by atoms with E-state index in [-0.39, 0.29) is 5.41 Å². The Morgan fingerprint density at radius 1 is 1.35 bits per heavy atom. The van der Waals surface area contributed by atoms with E-state index in [1.54, 1.807) is 12.1 Å². The van der Waals surface area contributed by atoms with Gasteiger partial charge < -0.3 is 9.67 Å². The van der Waals surface area contributed by atoms with Gasteiger partial charge in [-0.05, 0) is 37.5 Å². The topological polar surface area (TPSA) is 55.1 Å². The number of rotatable bonds is 2. The second-order valence-electron chi connectivity index (χ2n) is 6.65. The summed E-state index contributed by atoms with van der Waals surface area (Å²) in [7, 11) is 0. The molecule has 0 atom stereocenters. The Labute approximate surface area is 118 Å². The fourth-order valence-corrected chi connectivity index (χ4v) is 2.77. The monoisotopic (exact) mass is 272 g/mol. The number of aromatic carboxylic acids is 1. The molecule has 106 valence electrons. The average molecular weight is 272 g/mol. The Bertz CT molecular complexity index is 676. The van der Waals surface area contributed by atoms with Gasteiger partial charge in [0.05, 0.1) is 16.6 Å². The predicted molar refractivity (Wildman–Crippen MR) is 78.3 cm³/mol. The van der Waals surface area contributed by atoms with Crippen molar-refractivity contribution in [3.8, 4) is 0 Å². The van der Waals surface area contributed by atoms with Crippen LogP contribution in [0.15, 0.2) is 18.2 Å². The molecule has 1 aliphatic carbocycles. The molecule has 1 saturated carbocycles. The maximum atomic E-state index is 11.2. The highest BCUT2D eigenvalue weighted by atomic mass is 16.4. The van der Waals surface area contributed by atoms with E-state index < -0.39 is 5.97 Å². The van der Waals surface area contributed by atoms with Crippen LogP contribution in [0.5, 0.6) is 0 Å². The largest absolute Gasteiger partial charge is 0.478 e. The summed E-state index contributed by atoms with van der Waals surface area (Å²) in [6.07, 6.45) is 3.56. The van der Waals surface area contributed by atoms with Gasteiger partial charge in [-0.25, -0.2) is 9.78 Å². The van der Waals surface area contributed by atoms with Crippen molar-refractivity contribution in [1.29, 1.82) is 0 Å². The second kappa shape index (κ2) is 4.33. The van der Waals surface area contributed by atoms with Gasteiger partial charge in [0, 0.05) is 11.5 Å². The van der Waals surface area contributed by atoms with E-state index in [0.717, 1.165) is 29.7 Å². The molecule has 1 N–H and O–H groups in total. The molecule has 3 rings (SSSR count). The number of imidazole rings is 1. The van der Waals surface area contributed by atoms with Gasteiger partial charge in [-0.2, -0.15) is 0 Å². The van der Waals surface area contributed by atoms with Crippen molar-refractivity contribution >= 4 is 17.0 Å². The number of carbonyl (C=O) groups is 1. The molecule has 1 aromatic heterocycles. The van der Waals surface area contributed by atoms with Crippen molar-refractivity contribution in [3.05, 3.63) is 29.6 Å². The fraction of sp³-hybridized carbons (Fsp3) is 0.500. The molecule has 0 amide bonds. The molecule has 4 heteroatoms. The van der Waals surface area contributed by atoms with Crippen molar-refractivity contribution in [2.75, 3.05) is 0 Å². The Morgan fingerprint density at radius 2 is 2.05 bits per heavy atom. The van der Waals surface area contributed by atoms with Crippen molar-refractivity contribution < 1.29 is 9.90 Å². The quantitative estimate of drug-likeness (QED) is 0.905. The highest BCUT2D eigenvalue weighted by Gasteiger charge is 2.30. The smallest absolute Gasteiger partial charge is 0.335 e. The van der Waals surface area contributed by atoms with Crippen LogP contribution in [0.1, 0.15) is 62.3 Å². The predicted octanol–water partition coefficient (Wildman–Crippen LogP) is 3.76. The van der Waals surface area contributed by atoms with Crippen LogP contribution in [0.2, 0.25) is 0 Å². The number of hydrogen-bond acceptors (Lipinski definition) is 2. The number of fused-ring (bicyclic) bond motifs is 1. The van der Waals surface area contributed by atoms with E-state index in [9.17, 15) is 9.90 Å². The summed E-state index contributed by atoms with van der Waals surface area (Å²) in [5.74, 6) is 0.172. The molecule has 1 fully saturated rings. The normalized spacial score (nSPS) is 16.4. The summed E-state index contributed by atoms with van der Waals surface area (Å²) in [4.78, 5) is 15.9. The van der Waals surface area contributed by atoms with E-state index in [1.165, 1.54) is 6.42 Å². The number of carboxylic acid groups (broad SMARTS) is 1. The summed E-state index contributed by atoms with van der Waals surface area (Å²) >= 11 is 0. The third-order valence-electron chi connectivity index (χ3n) is 4.05. The minimum absolute atomic E-state index is 0.0437. The molecule has 0 unspecified atom stereocenters. The van der Waals surface area contributed by atoms with Gasteiger partial charge in [0.1, 0.15) is 5.82 Å². The fourth-order valence-electron chi connectivity index (χ4n) is 2.77. The first-order valence-corrected chi connectivity index (χ1v) is 7.13. The molecule has 1 aliphatic rings. The Kier molecular flexibility index (Phi) is 2.85. The van der Waals surface area contributed by atoms with Crippen molar-refractivity contribution in [2.24, 2.45) is 0 Å². The first kappa shape index (κ1) is 13.2. The lowest BCUT2D eigenvalue weighted by Crippen LogP contribution is -2.25. The van der Waals surface area contributed by atoms with Crippen molar-refractivity contribution in [1.82, 2.24) is 9.55 Å². The molecule has 1 heterocycles. The lowest BCUT2D eigenvalue weighted by Gasteiger charge is -2.32. The summed E-state index contributed by atoms with van der Waals surface area (Å²) in [6, 6.07) is 5.69. The summed E-state index contributed by atoms with van der Waals surface area (Å²) in [5.41, 5.74) is 2.14. The van der Waals surface area contributed by atoms with Gasteiger partial charge in [0.2, 0.25) is 0 Å². The Morgan fingerprint density at radius 3 is 2.55 bits per heavy atom. The van der Waals surface area contributed by atoms with Gasteiger partial charge in [-0.15, -0.1) is 0 Å². The number of nitrogens with zero attached hydrogens (tertiary/aromatic N) is 2. The summed E-state index contributed by atoms with van der Waals surface area (Å²) in [5, 5.41) is 9.18. The van der Waals surface area contributed by atoms with Gasteiger partial charge in [-0.3, -0.25) is 0 Å². The first-order valence-electron chi connectivity index (χ1n) is 7.13. The zero-order valence-electron chi connectivity index (χ0n) is 12.2. The zero-order chi connectivity index (χ0) is 14.5. The van der Waals surface area contributed by atoms with Gasteiger partial charge in [0.25, 0.3) is 0 Å². The van der Waals surface area contributed by atoms with E-state index >= 15 is 0 Å². The van der Waals surface area contributed by atoms with E-state index in [2.05, 4.69) is 25.3 Å². The Hall–Kier alpha value is -1.84. The number of aromatic nitrogens is 2. The molecule has 4 nitrogen and oxygen atoms in total. The lowest BCUT2D eigenvalue weighted by molar-refractivity contribution is 0.0697. The summed E-state index contributed by atoms with van der Waals surface area (Å²) in [6.45, 7) is 6.46. The highest BCUT2D eigenvalue weighted by molar-refractivity contribution is 5.92. The van der Waals surface area contributed by atoms with Crippen LogP contribution in [-0.4, -0.2) is 20.6 Å². The maximum Gasteiger partial charge on any atom is 0.335 e. The molecule has 20 heavy (non-hydrogen) atoms. The third-order valence-corrected chi connectivity index (χ3v) is 4.05. The molecule has 1 aromatic carbocycles. The lowest BCUT2D eigenvalue weighted by atomic mass is 9.90. The number of carboxylic acids is 1. The minimum atomic E-state index is -0.884. The second-order valence-corrected chi connectivity index (χ2v) is 6.65. The molecular formula is C16H20N2O2. The van der Waals surface area contributed by atoms with Crippen LogP contribution in [0.25, 0.3) is 11.0 Å². The van der Waals surface area contributed by atoms with E-state index in [1.807, 2.05) is 6.07 Å². The average Bonchev–Trinajstić information content (AvgIpc) is 2.65. The molecule has 0 radical (unpaired) electrons. The SMILES string of the molecule is CC(C)(C)c1nc2ccc(C(=O)O)cc2n1C1CCC1. The van der Waals surface area contributed by atoms with E-state index in [4.69, 9.17) is 4.98 Å². The maximum absolute atomic E-state index is 11.2. The zero-order valence-corrected chi connectivity index (χ0v) is 12.2. The van der Waals surface area contributed by atoms with Crippen LogP contribution >= 0.6 is 0 Å². The summed E-state index contributed by atoms with van der Waals surface area (Å²) < 4.78 is 2.27.